The van der Waals surface area contributed by atoms with Crippen LogP contribution in [0.4, 0.5) is 5.69 Å². The van der Waals surface area contributed by atoms with Gasteiger partial charge in [0.25, 0.3) is 5.91 Å². The first-order chi connectivity index (χ1) is 12.5. The number of benzene rings is 2. The van der Waals surface area contributed by atoms with E-state index in [0.29, 0.717) is 17.0 Å². The Morgan fingerprint density at radius 3 is 2.54 bits per heavy atom. The summed E-state index contributed by atoms with van der Waals surface area (Å²) in [6, 6.07) is 13.1. The van der Waals surface area contributed by atoms with E-state index in [0.717, 1.165) is 0 Å². The van der Waals surface area contributed by atoms with Gasteiger partial charge in [-0.05, 0) is 37.3 Å². The lowest BCUT2D eigenvalue weighted by molar-refractivity contribution is -0.123. The van der Waals surface area contributed by atoms with E-state index in [-0.39, 0.29) is 11.3 Å². The molecule has 1 N–H and O–H groups in total. The summed E-state index contributed by atoms with van der Waals surface area (Å²) >= 11 is 0. The molecule has 0 aliphatic heterocycles. The Morgan fingerprint density at radius 2 is 1.88 bits per heavy atom. The first-order valence-corrected chi connectivity index (χ1v) is 7.72. The summed E-state index contributed by atoms with van der Waals surface area (Å²) in [6.07, 6.45) is -1.04. The Labute approximate surface area is 151 Å². The quantitative estimate of drug-likeness (QED) is 0.801. The molecule has 0 saturated heterocycles. The second-order valence-corrected chi connectivity index (χ2v) is 5.30. The minimum Gasteiger partial charge on any atom is -0.497 e. The molecular formula is C19H18N2O5. The number of esters is 1. The second kappa shape index (κ2) is 8.53. The van der Waals surface area contributed by atoms with Crippen LogP contribution in [-0.2, 0) is 9.53 Å². The van der Waals surface area contributed by atoms with Gasteiger partial charge in [0.15, 0.2) is 6.10 Å². The number of nitrogens with one attached hydrogen (secondary N) is 1. The van der Waals surface area contributed by atoms with E-state index < -0.39 is 18.0 Å². The lowest BCUT2D eigenvalue weighted by atomic mass is 10.2. The summed E-state index contributed by atoms with van der Waals surface area (Å²) < 4.78 is 15.4. The van der Waals surface area contributed by atoms with E-state index in [1.165, 1.54) is 33.3 Å². The van der Waals surface area contributed by atoms with Crippen molar-refractivity contribution in [3.8, 4) is 17.6 Å². The smallest absolute Gasteiger partial charge is 0.342 e. The number of ether oxygens (including phenoxy) is 3. The number of anilines is 1. The third kappa shape index (κ3) is 4.51. The van der Waals surface area contributed by atoms with Gasteiger partial charge in [-0.15, -0.1) is 0 Å². The number of rotatable bonds is 6. The standard InChI is InChI=1S/C19H18N2O5/c1-12(18(22)21-14-6-4-5-13(9-14)11-20)26-19(23)16-8-7-15(24-2)10-17(16)25-3/h4-10,12H,1-3H3,(H,21,22)/t12-/m0/s1. The molecule has 0 aromatic heterocycles. The van der Waals surface area contributed by atoms with Crippen molar-refractivity contribution >= 4 is 17.6 Å². The van der Waals surface area contributed by atoms with Gasteiger partial charge in [-0.3, -0.25) is 4.79 Å². The molecule has 2 aromatic rings. The van der Waals surface area contributed by atoms with Gasteiger partial charge in [-0.2, -0.15) is 5.26 Å². The highest BCUT2D eigenvalue weighted by molar-refractivity contribution is 5.98. The lowest BCUT2D eigenvalue weighted by Gasteiger charge is -2.15. The molecule has 0 fully saturated rings. The van der Waals surface area contributed by atoms with E-state index in [9.17, 15) is 9.59 Å². The summed E-state index contributed by atoms with van der Waals surface area (Å²) in [5, 5.41) is 11.5. The third-order valence-electron chi connectivity index (χ3n) is 3.54. The highest BCUT2D eigenvalue weighted by Gasteiger charge is 2.22. The van der Waals surface area contributed by atoms with Crippen molar-refractivity contribution in [3.05, 3.63) is 53.6 Å². The Kier molecular flexibility index (Phi) is 6.17. The van der Waals surface area contributed by atoms with E-state index in [1.807, 2.05) is 6.07 Å². The maximum atomic E-state index is 12.3. The number of hydrogen-bond acceptors (Lipinski definition) is 6. The van der Waals surface area contributed by atoms with Crippen molar-refractivity contribution in [2.24, 2.45) is 0 Å². The average molecular weight is 354 g/mol. The van der Waals surface area contributed by atoms with Crippen LogP contribution in [0, 0.1) is 11.3 Å². The van der Waals surface area contributed by atoms with Crippen molar-refractivity contribution in [2.75, 3.05) is 19.5 Å². The number of nitrogens with zero attached hydrogens (tertiary/aromatic N) is 1. The minimum absolute atomic E-state index is 0.180. The zero-order valence-electron chi connectivity index (χ0n) is 14.6. The van der Waals surface area contributed by atoms with Crippen LogP contribution < -0.4 is 14.8 Å². The van der Waals surface area contributed by atoms with Crippen molar-refractivity contribution in [2.45, 2.75) is 13.0 Å². The first-order valence-electron chi connectivity index (χ1n) is 7.72. The molecule has 0 aliphatic rings. The molecule has 134 valence electrons. The monoisotopic (exact) mass is 354 g/mol. The molecule has 1 atom stereocenters. The van der Waals surface area contributed by atoms with Crippen molar-refractivity contribution < 1.29 is 23.8 Å². The topological polar surface area (TPSA) is 97.6 Å². The zero-order chi connectivity index (χ0) is 19.1. The van der Waals surface area contributed by atoms with Gasteiger partial charge in [0.1, 0.15) is 17.1 Å². The van der Waals surface area contributed by atoms with Crippen LogP contribution in [0.1, 0.15) is 22.8 Å². The van der Waals surface area contributed by atoms with Crippen molar-refractivity contribution in [1.29, 1.82) is 5.26 Å². The van der Waals surface area contributed by atoms with E-state index in [1.54, 1.807) is 30.3 Å². The molecule has 0 bridgehead atoms. The van der Waals surface area contributed by atoms with Gasteiger partial charge >= 0.3 is 5.97 Å². The summed E-state index contributed by atoms with van der Waals surface area (Å²) in [4.78, 5) is 24.5. The third-order valence-corrected chi connectivity index (χ3v) is 3.54. The lowest BCUT2D eigenvalue weighted by Crippen LogP contribution is -2.30. The molecule has 0 radical (unpaired) electrons. The van der Waals surface area contributed by atoms with E-state index >= 15 is 0 Å². The maximum absolute atomic E-state index is 12.3. The van der Waals surface area contributed by atoms with Crippen LogP contribution in [0.2, 0.25) is 0 Å². The Balaban J connectivity index is 2.06. The molecule has 0 unspecified atom stereocenters. The van der Waals surface area contributed by atoms with Crippen LogP contribution in [-0.4, -0.2) is 32.2 Å². The molecule has 2 rings (SSSR count). The molecule has 7 heteroatoms. The van der Waals surface area contributed by atoms with Crippen molar-refractivity contribution in [1.82, 2.24) is 0 Å². The van der Waals surface area contributed by atoms with Gasteiger partial charge in [0, 0.05) is 11.8 Å². The summed E-state index contributed by atoms with van der Waals surface area (Å²) in [5.74, 6) is -0.399. The van der Waals surface area contributed by atoms with Gasteiger partial charge in [-0.1, -0.05) is 6.07 Å². The number of methoxy groups -OCH3 is 2. The molecule has 1 amide bonds. The molecule has 2 aromatic carbocycles. The SMILES string of the molecule is COc1ccc(C(=O)O[C@@H](C)C(=O)Nc2cccc(C#N)c2)c(OC)c1. The number of hydrogen-bond donors (Lipinski definition) is 1. The molecule has 0 saturated carbocycles. The second-order valence-electron chi connectivity index (χ2n) is 5.30. The number of carbonyl (C=O) groups is 2. The van der Waals surface area contributed by atoms with Gasteiger partial charge in [0.05, 0.1) is 25.9 Å². The highest BCUT2D eigenvalue weighted by Crippen LogP contribution is 2.25. The normalized spacial score (nSPS) is 11.0. The molecule has 0 aliphatic carbocycles. The number of amides is 1. The Bertz CT molecular complexity index is 857. The fraction of sp³-hybridized carbons (Fsp3) is 0.211. The number of nitriles is 1. The molecule has 0 heterocycles. The zero-order valence-corrected chi connectivity index (χ0v) is 14.6. The largest absolute Gasteiger partial charge is 0.497 e. The fourth-order valence-electron chi connectivity index (χ4n) is 2.16. The maximum Gasteiger partial charge on any atom is 0.342 e. The predicted molar refractivity (Wildman–Crippen MR) is 94.2 cm³/mol. The highest BCUT2D eigenvalue weighted by atomic mass is 16.5. The fourth-order valence-corrected chi connectivity index (χ4v) is 2.16. The molecular weight excluding hydrogens is 336 g/mol. The average Bonchev–Trinajstić information content (AvgIpc) is 2.67. The summed E-state index contributed by atoms with van der Waals surface area (Å²) in [6.45, 7) is 1.46. The summed E-state index contributed by atoms with van der Waals surface area (Å²) in [7, 11) is 2.92. The predicted octanol–water partition coefficient (Wildman–Crippen LogP) is 2.76. The van der Waals surface area contributed by atoms with Crippen LogP contribution in [0.25, 0.3) is 0 Å². The molecule has 7 nitrogen and oxygen atoms in total. The van der Waals surface area contributed by atoms with Gasteiger partial charge in [0.2, 0.25) is 0 Å². The van der Waals surface area contributed by atoms with Gasteiger partial charge in [-0.25, -0.2) is 4.79 Å². The Morgan fingerprint density at radius 1 is 1.12 bits per heavy atom. The summed E-state index contributed by atoms with van der Waals surface area (Å²) in [5.41, 5.74) is 1.04. The van der Waals surface area contributed by atoms with Crippen LogP contribution >= 0.6 is 0 Å². The number of carbonyl (C=O) groups excluding carboxylic acids is 2. The Hall–Kier alpha value is -3.53. The van der Waals surface area contributed by atoms with Gasteiger partial charge < -0.3 is 19.5 Å². The molecule has 0 spiro atoms. The van der Waals surface area contributed by atoms with E-state index in [4.69, 9.17) is 19.5 Å². The van der Waals surface area contributed by atoms with Crippen molar-refractivity contribution in [3.63, 3.8) is 0 Å². The molecule has 26 heavy (non-hydrogen) atoms. The van der Waals surface area contributed by atoms with Crippen LogP contribution in [0.15, 0.2) is 42.5 Å². The first kappa shape index (κ1) is 18.8. The van der Waals surface area contributed by atoms with Crippen LogP contribution in [0.3, 0.4) is 0 Å². The van der Waals surface area contributed by atoms with Crippen LogP contribution in [0.5, 0.6) is 11.5 Å². The minimum atomic E-state index is -1.04. The van der Waals surface area contributed by atoms with E-state index in [2.05, 4.69) is 5.32 Å².